The first kappa shape index (κ1) is 14.8. The highest BCUT2D eigenvalue weighted by atomic mass is 19.1. The van der Waals surface area contributed by atoms with Crippen LogP contribution in [0.1, 0.15) is 27.0 Å². The first-order chi connectivity index (χ1) is 9.88. The standard InChI is InChI=1S/C16H18FN3O/c1-9-5-11(6-10(2)15(9)17)8-20-12-3-4-14(18)13(7-12)16(19)21/h3-7,20H,8,18H2,1-2H3,(H2,19,21). The fourth-order valence-electron chi connectivity index (χ4n) is 2.22. The normalized spacial score (nSPS) is 10.4. The highest BCUT2D eigenvalue weighted by Crippen LogP contribution is 2.19. The Morgan fingerprint density at radius 1 is 1.19 bits per heavy atom. The van der Waals surface area contributed by atoms with E-state index in [9.17, 15) is 9.18 Å². The minimum Gasteiger partial charge on any atom is -0.398 e. The van der Waals surface area contributed by atoms with Crippen LogP contribution >= 0.6 is 0 Å². The molecule has 2 aromatic rings. The number of nitrogen functional groups attached to an aromatic ring is 1. The molecule has 0 heterocycles. The van der Waals surface area contributed by atoms with Crippen molar-refractivity contribution >= 4 is 17.3 Å². The van der Waals surface area contributed by atoms with E-state index in [1.54, 1.807) is 44.2 Å². The van der Waals surface area contributed by atoms with E-state index in [0.717, 1.165) is 11.3 Å². The first-order valence-electron chi connectivity index (χ1n) is 6.57. The molecule has 0 bridgehead atoms. The number of aryl methyl sites for hydroxylation is 2. The van der Waals surface area contributed by atoms with Gasteiger partial charge in [0.1, 0.15) is 5.82 Å². The number of rotatable bonds is 4. The van der Waals surface area contributed by atoms with Crippen LogP contribution in [0.3, 0.4) is 0 Å². The second-order valence-electron chi connectivity index (χ2n) is 5.06. The molecule has 0 aliphatic rings. The number of nitrogens with one attached hydrogen (secondary N) is 1. The number of benzene rings is 2. The van der Waals surface area contributed by atoms with Crippen molar-refractivity contribution in [3.8, 4) is 0 Å². The summed E-state index contributed by atoms with van der Waals surface area (Å²) in [6.45, 7) is 3.99. The molecule has 21 heavy (non-hydrogen) atoms. The Morgan fingerprint density at radius 2 is 1.81 bits per heavy atom. The van der Waals surface area contributed by atoms with Gasteiger partial charge in [0.2, 0.25) is 0 Å². The fraction of sp³-hybridized carbons (Fsp3) is 0.188. The van der Waals surface area contributed by atoms with Crippen LogP contribution in [0.4, 0.5) is 15.8 Å². The molecule has 0 fully saturated rings. The lowest BCUT2D eigenvalue weighted by atomic mass is 10.1. The van der Waals surface area contributed by atoms with E-state index in [1.807, 2.05) is 0 Å². The SMILES string of the molecule is Cc1cc(CNc2ccc(N)c(C(N)=O)c2)cc(C)c1F. The van der Waals surface area contributed by atoms with Gasteiger partial charge < -0.3 is 16.8 Å². The molecule has 0 unspecified atom stereocenters. The van der Waals surface area contributed by atoms with Gasteiger partial charge in [-0.2, -0.15) is 0 Å². The van der Waals surface area contributed by atoms with Gasteiger partial charge in [0.05, 0.1) is 5.56 Å². The van der Waals surface area contributed by atoms with Crippen molar-refractivity contribution in [3.05, 3.63) is 58.4 Å². The third kappa shape index (κ3) is 3.31. The van der Waals surface area contributed by atoms with Crippen LogP contribution in [-0.4, -0.2) is 5.91 Å². The molecular formula is C16H18FN3O. The molecule has 2 aromatic carbocycles. The molecule has 0 saturated heterocycles. The topological polar surface area (TPSA) is 81.1 Å². The van der Waals surface area contributed by atoms with Gasteiger partial charge in [-0.25, -0.2) is 4.39 Å². The predicted molar refractivity (Wildman–Crippen MR) is 82.6 cm³/mol. The maximum atomic E-state index is 13.6. The van der Waals surface area contributed by atoms with Gasteiger partial charge in [-0.15, -0.1) is 0 Å². The van der Waals surface area contributed by atoms with E-state index in [1.165, 1.54) is 0 Å². The predicted octanol–water partition coefficient (Wildman–Crippen LogP) is 2.74. The van der Waals surface area contributed by atoms with Gasteiger partial charge in [0.25, 0.3) is 5.91 Å². The lowest BCUT2D eigenvalue weighted by Gasteiger charge is -2.11. The Bertz CT molecular complexity index is 675. The molecule has 0 aromatic heterocycles. The molecule has 0 radical (unpaired) electrons. The summed E-state index contributed by atoms with van der Waals surface area (Å²) in [4.78, 5) is 11.2. The maximum Gasteiger partial charge on any atom is 0.250 e. The van der Waals surface area contributed by atoms with E-state index in [2.05, 4.69) is 5.32 Å². The molecule has 110 valence electrons. The monoisotopic (exact) mass is 287 g/mol. The van der Waals surface area contributed by atoms with Crippen LogP contribution in [0, 0.1) is 19.7 Å². The van der Waals surface area contributed by atoms with Crippen LogP contribution in [0.15, 0.2) is 30.3 Å². The van der Waals surface area contributed by atoms with E-state index in [-0.39, 0.29) is 11.4 Å². The number of halogens is 1. The summed E-state index contributed by atoms with van der Waals surface area (Å²) in [6.07, 6.45) is 0. The van der Waals surface area contributed by atoms with Crippen molar-refractivity contribution in [2.75, 3.05) is 11.1 Å². The first-order valence-corrected chi connectivity index (χ1v) is 6.57. The molecule has 0 aliphatic heterocycles. The fourth-order valence-corrected chi connectivity index (χ4v) is 2.22. The summed E-state index contributed by atoms with van der Waals surface area (Å²) >= 11 is 0. The quantitative estimate of drug-likeness (QED) is 0.756. The van der Waals surface area contributed by atoms with Crippen LogP contribution in [-0.2, 0) is 6.54 Å². The highest BCUT2D eigenvalue weighted by Gasteiger charge is 2.07. The lowest BCUT2D eigenvalue weighted by molar-refractivity contribution is 0.100. The van der Waals surface area contributed by atoms with Crippen molar-refractivity contribution < 1.29 is 9.18 Å². The number of hydrogen-bond acceptors (Lipinski definition) is 3. The molecule has 0 spiro atoms. The number of hydrogen-bond donors (Lipinski definition) is 3. The zero-order valence-corrected chi connectivity index (χ0v) is 12.0. The number of carbonyl (C=O) groups excluding carboxylic acids is 1. The van der Waals surface area contributed by atoms with Gasteiger partial charge in [0, 0.05) is 17.9 Å². The summed E-state index contributed by atoms with van der Waals surface area (Å²) in [5, 5.41) is 3.17. The molecule has 2 rings (SSSR count). The smallest absolute Gasteiger partial charge is 0.250 e. The molecule has 1 amide bonds. The molecular weight excluding hydrogens is 269 g/mol. The zero-order valence-electron chi connectivity index (χ0n) is 12.0. The largest absolute Gasteiger partial charge is 0.398 e. The van der Waals surface area contributed by atoms with Gasteiger partial charge in [-0.05, 0) is 48.7 Å². The van der Waals surface area contributed by atoms with Crippen molar-refractivity contribution in [1.82, 2.24) is 0 Å². The Kier molecular flexibility index (Phi) is 4.12. The van der Waals surface area contributed by atoms with Crippen LogP contribution in [0.2, 0.25) is 0 Å². The minimum atomic E-state index is -0.565. The Balaban J connectivity index is 2.17. The zero-order chi connectivity index (χ0) is 15.6. The van der Waals surface area contributed by atoms with E-state index >= 15 is 0 Å². The minimum absolute atomic E-state index is 0.178. The molecule has 0 aliphatic carbocycles. The lowest BCUT2D eigenvalue weighted by Crippen LogP contribution is -2.14. The van der Waals surface area contributed by atoms with Crippen molar-refractivity contribution in [1.29, 1.82) is 0 Å². The van der Waals surface area contributed by atoms with Gasteiger partial charge in [-0.3, -0.25) is 4.79 Å². The van der Waals surface area contributed by atoms with E-state index < -0.39 is 5.91 Å². The molecule has 0 saturated carbocycles. The number of nitrogens with two attached hydrogens (primary N) is 2. The summed E-state index contributed by atoms with van der Waals surface area (Å²) in [6, 6.07) is 8.60. The van der Waals surface area contributed by atoms with Crippen molar-refractivity contribution in [3.63, 3.8) is 0 Å². The molecule has 5 heteroatoms. The number of anilines is 2. The Morgan fingerprint density at radius 3 is 2.38 bits per heavy atom. The number of amides is 1. The molecule has 4 nitrogen and oxygen atoms in total. The van der Waals surface area contributed by atoms with E-state index in [4.69, 9.17) is 11.5 Å². The van der Waals surface area contributed by atoms with Crippen molar-refractivity contribution in [2.24, 2.45) is 5.73 Å². The maximum absolute atomic E-state index is 13.6. The average Bonchev–Trinajstić information content (AvgIpc) is 2.43. The van der Waals surface area contributed by atoms with Gasteiger partial charge in [0.15, 0.2) is 0 Å². The summed E-state index contributed by atoms with van der Waals surface area (Å²) < 4.78 is 13.6. The average molecular weight is 287 g/mol. The number of carbonyl (C=O) groups is 1. The van der Waals surface area contributed by atoms with Gasteiger partial charge in [-0.1, -0.05) is 12.1 Å². The highest BCUT2D eigenvalue weighted by molar-refractivity contribution is 5.98. The summed E-state index contributed by atoms with van der Waals surface area (Å²) in [5.74, 6) is -0.744. The van der Waals surface area contributed by atoms with E-state index in [0.29, 0.717) is 23.4 Å². The van der Waals surface area contributed by atoms with Gasteiger partial charge >= 0.3 is 0 Å². The Labute approximate surface area is 123 Å². The van der Waals surface area contributed by atoms with Crippen LogP contribution < -0.4 is 16.8 Å². The van der Waals surface area contributed by atoms with Crippen LogP contribution in [0.5, 0.6) is 0 Å². The Hall–Kier alpha value is -2.56. The molecule has 5 N–H and O–H groups in total. The number of primary amides is 1. The summed E-state index contributed by atoms with van der Waals surface area (Å²) in [5.41, 5.74) is 14.5. The molecule has 0 atom stereocenters. The van der Waals surface area contributed by atoms with Crippen molar-refractivity contribution in [2.45, 2.75) is 20.4 Å². The second-order valence-corrected chi connectivity index (χ2v) is 5.06. The summed E-state index contributed by atoms with van der Waals surface area (Å²) in [7, 11) is 0. The third-order valence-corrected chi connectivity index (χ3v) is 3.31. The third-order valence-electron chi connectivity index (χ3n) is 3.31. The second kappa shape index (κ2) is 5.83. The van der Waals surface area contributed by atoms with Crippen LogP contribution in [0.25, 0.3) is 0 Å².